The fourth-order valence-electron chi connectivity index (χ4n) is 0.816. The molecule has 8 heteroatoms. The summed E-state index contributed by atoms with van der Waals surface area (Å²) in [5.41, 5.74) is 4.45. The Morgan fingerprint density at radius 3 is 2.07 bits per heavy atom. The van der Waals surface area contributed by atoms with E-state index in [1.54, 1.807) is 13.8 Å². The summed E-state index contributed by atoms with van der Waals surface area (Å²) in [6.07, 6.45) is 0. The van der Waals surface area contributed by atoms with Crippen LogP contribution in [0.4, 0.5) is 0 Å². The number of hydrogen-bond donors (Lipinski definition) is 1. The Labute approximate surface area is 88.1 Å². The summed E-state index contributed by atoms with van der Waals surface area (Å²) < 4.78 is 21.7. The van der Waals surface area contributed by atoms with E-state index in [0.29, 0.717) is 0 Å². The van der Waals surface area contributed by atoms with Crippen molar-refractivity contribution < 1.29 is 23.2 Å². The van der Waals surface area contributed by atoms with E-state index in [9.17, 15) is 9.36 Å². The Bertz CT molecular complexity index is 281. The van der Waals surface area contributed by atoms with Crippen LogP contribution < -0.4 is 5.73 Å². The Balaban J connectivity index is 5.09. The van der Waals surface area contributed by atoms with E-state index in [1.165, 1.54) is 7.11 Å². The van der Waals surface area contributed by atoms with Gasteiger partial charge in [0, 0.05) is 0 Å². The second-order valence-electron chi connectivity index (χ2n) is 2.29. The highest BCUT2D eigenvalue weighted by molar-refractivity contribution is 7.75. The van der Waals surface area contributed by atoms with E-state index >= 15 is 0 Å². The normalized spacial score (nSPS) is 12.6. The lowest BCUT2D eigenvalue weighted by atomic mass is 10.7. The number of rotatable bonds is 7. The van der Waals surface area contributed by atoms with Crippen LogP contribution in [0.25, 0.3) is 0 Å². The van der Waals surface area contributed by atoms with Crippen LogP contribution in [0, 0.1) is 0 Å². The molecule has 0 radical (unpaired) electrons. The molecule has 0 aliphatic heterocycles. The first-order chi connectivity index (χ1) is 7.01. The van der Waals surface area contributed by atoms with Crippen molar-refractivity contribution in [1.82, 2.24) is 0 Å². The van der Waals surface area contributed by atoms with Crippen LogP contribution in [0.5, 0.6) is 0 Å². The molecule has 0 heterocycles. The molecule has 7 nitrogen and oxygen atoms in total. The van der Waals surface area contributed by atoms with Crippen molar-refractivity contribution in [2.75, 3.05) is 20.3 Å². The van der Waals surface area contributed by atoms with Gasteiger partial charge in [0.2, 0.25) is 0 Å². The summed E-state index contributed by atoms with van der Waals surface area (Å²) in [6, 6.07) is 0. The van der Waals surface area contributed by atoms with Crippen LogP contribution in [0.3, 0.4) is 0 Å². The standard InChI is InChI=1S/C7H15N2O5P/c1-4-13-15(11,14-5-2)7(6(8)10)9-12-3/h4-5H2,1-3H3,(H2,8,10). The van der Waals surface area contributed by atoms with E-state index in [1.807, 2.05) is 0 Å². The minimum atomic E-state index is -3.75. The molecule has 1 amide bonds. The summed E-state index contributed by atoms with van der Waals surface area (Å²) in [5, 5.41) is 3.26. The van der Waals surface area contributed by atoms with Crippen molar-refractivity contribution in [2.45, 2.75) is 13.8 Å². The third-order valence-corrected chi connectivity index (χ3v) is 3.27. The average Bonchev–Trinajstić information content (AvgIpc) is 2.14. The van der Waals surface area contributed by atoms with Gasteiger partial charge in [-0.2, -0.15) is 0 Å². The zero-order valence-electron chi connectivity index (χ0n) is 8.93. The first-order valence-electron chi connectivity index (χ1n) is 4.32. The summed E-state index contributed by atoms with van der Waals surface area (Å²) in [4.78, 5) is 15.3. The highest BCUT2D eigenvalue weighted by Crippen LogP contribution is 2.49. The fraction of sp³-hybridized carbons (Fsp3) is 0.714. The summed E-state index contributed by atoms with van der Waals surface area (Å²) in [6.45, 7) is 3.43. The third kappa shape index (κ3) is 3.99. The molecule has 0 bridgehead atoms. The van der Waals surface area contributed by atoms with E-state index in [4.69, 9.17) is 14.8 Å². The second kappa shape index (κ2) is 6.55. The lowest BCUT2D eigenvalue weighted by molar-refractivity contribution is -0.112. The van der Waals surface area contributed by atoms with Crippen LogP contribution in [0.2, 0.25) is 0 Å². The maximum Gasteiger partial charge on any atom is 0.388 e. The van der Waals surface area contributed by atoms with Crippen molar-refractivity contribution in [3.05, 3.63) is 0 Å². The maximum absolute atomic E-state index is 12.0. The molecular formula is C7H15N2O5P. The van der Waals surface area contributed by atoms with Crippen LogP contribution >= 0.6 is 7.60 Å². The Kier molecular flexibility index (Phi) is 6.15. The number of primary amides is 1. The molecule has 88 valence electrons. The predicted molar refractivity (Wildman–Crippen MR) is 54.5 cm³/mol. The zero-order chi connectivity index (χ0) is 11.9. The maximum atomic E-state index is 12.0. The van der Waals surface area contributed by atoms with Gasteiger partial charge in [-0.3, -0.25) is 9.36 Å². The zero-order valence-corrected chi connectivity index (χ0v) is 9.82. The average molecular weight is 238 g/mol. The monoisotopic (exact) mass is 238 g/mol. The number of oxime groups is 1. The van der Waals surface area contributed by atoms with Crippen LogP contribution in [-0.2, 0) is 23.2 Å². The Morgan fingerprint density at radius 2 is 1.80 bits per heavy atom. The van der Waals surface area contributed by atoms with Crippen molar-refractivity contribution in [1.29, 1.82) is 0 Å². The molecule has 15 heavy (non-hydrogen) atoms. The largest absolute Gasteiger partial charge is 0.398 e. The van der Waals surface area contributed by atoms with Gasteiger partial charge in [-0.05, 0) is 13.8 Å². The number of hydrogen-bond acceptors (Lipinski definition) is 6. The molecule has 0 aliphatic rings. The lowest BCUT2D eigenvalue weighted by Gasteiger charge is -2.15. The number of nitrogens with zero attached hydrogens (tertiary/aromatic N) is 1. The van der Waals surface area contributed by atoms with Gasteiger partial charge in [-0.15, -0.1) is 0 Å². The van der Waals surface area contributed by atoms with Gasteiger partial charge in [-0.25, -0.2) is 0 Å². The number of carbonyl (C=O) groups is 1. The summed E-state index contributed by atoms with van der Waals surface area (Å²) in [7, 11) is -2.55. The summed E-state index contributed by atoms with van der Waals surface area (Å²) in [5.74, 6) is -0.998. The van der Waals surface area contributed by atoms with Crippen LogP contribution in [0.15, 0.2) is 5.16 Å². The van der Waals surface area contributed by atoms with Gasteiger partial charge in [0.15, 0.2) is 0 Å². The van der Waals surface area contributed by atoms with Gasteiger partial charge in [0.05, 0.1) is 13.2 Å². The molecule has 0 aromatic rings. The smallest absolute Gasteiger partial charge is 0.388 e. The topological polar surface area (TPSA) is 100 Å². The molecule has 0 unspecified atom stereocenters. The molecule has 0 saturated heterocycles. The lowest BCUT2D eigenvalue weighted by Crippen LogP contribution is -2.25. The van der Waals surface area contributed by atoms with Gasteiger partial charge in [0.25, 0.3) is 11.4 Å². The van der Waals surface area contributed by atoms with E-state index < -0.39 is 19.0 Å². The molecule has 0 spiro atoms. The van der Waals surface area contributed by atoms with Gasteiger partial charge < -0.3 is 19.6 Å². The van der Waals surface area contributed by atoms with E-state index in [2.05, 4.69) is 9.99 Å². The number of nitrogens with two attached hydrogens (primary N) is 1. The highest BCUT2D eigenvalue weighted by Gasteiger charge is 2.36. The molecule has 0 aliphatic carbocycles. The molecule has 0 rings (SSSR count). The first kappa shape index (κ1) is 14.1. The third-order valence-electron chi connectivity index (χ3n) is 1.26. The molecule has 2 N–H and O–H groups in total. The van der Waals surface area contributed by atoms with Crippen LogP contribution in [-0.4, -0.2) is 31.7 Å². The predicted octanol–water partition coefficient (Wildman–Crippen LogP) is 0.698. The van der Waals surface area contributed by atoms with Gasteiger partial charge in [0.1, 0.15) is 7.11 Å². The van der Waals surface area contributed by atoms with E-state index in [-0.39, 0.29) is 13.2 Å². The van der Waals surface area contributed by atoms with Gasteiger partial charge in [-0.1, -0.05) is 5.16 Å². The molecule has 0 atom stereocenters. The van der Waals surface area contributed by atoms with Crippen molar-refractivity contribution in [3.63, 3.8) is 0 Å². The van der Waals surface area contributed by atoms with E-state index in [0.717, 1.165) is 0 Å². The first-order valence-corrected chi connectivity index (χ1v) is 5.86. The van der Waals surface area contributed by atoms with Crippen LogP contribution in [0.1, 0.15) is 13.8 Å². The summed E-state index contributed by atoms with van der Waals surface area (Å²) >= 11 is 0. The van der Waals surface area contributed by atoms with Crippen molar-refractivity contribution in [2.24, 2.45) is 10.9 Å². The molecule has 0 saturated carbocycles. The molecule has 0 aromatic heterocycles. The highest BCUT2D eigenvalue weighted by atomic mass is 31.2. The number of carbonyl (C=O) groups excluding carboxylic acids is 1. The SMILES string of the molecule is CCOP(=O)(OCC)C(=NOC)C(N)=O. The minimum Gasteiger partial charge on any atom is -0.398 e. The minimum absolute atomic E-state index is 0.104. The Morgan fingerprint density at radius 1 is 1.33 bits per heavy atom. The molecule has 0 fully saturated rings. The number of amides is 1. The quantitative estimate of drug-likeness (QED) is 0.399. The fourth-order valence-corrected chi connectivity index (χ4v) is 2.27. The second-order valence-corrected chi connectivity index (χ2v) is 4.23. The van der Waals surface area contributed by atoms with Crippen molar-refractivity contribution in [3.8, 4) is 0 Å². The van der Waals surface area contributed by atoms with Crippen molar-refractivity contribution >= 4 is 19.0 Å². The molecule has 0 aromatic carbocycles. The van der Waals surface area contributed by atoms with Gasteiger partial charge >= 0.3 is 7.60 Å². The molecular weight excluding hydrogens is 223 g/mol. The Hall–Kier alpha value is -0.910.